The maximum atomic E-state index is 2.43. The quantitative estimate of drug-likeness (QED) is 0.108. The average molecular weight is 717 g/mol. The number of hydrogen-bond donors (Lipinski definition) is 0. The van der Waals surface area contributed by atoms with E-state index in [-0.39, 0.29) is 10.8 Å². The van der Waals surface area contributed by atoms with Gasteiger partial charge >= 0.3 is 0 Å². The molecule has 0 aliphatic rings. The topological polar surface area (TPSA) is 0 Å². The van der Waals surface area contributed by atoms with E-state index in [1.165, 1.54) is 119 Å². The summed E-state index contributed by atoms with van der Waals surface area (Å²) in [7, 11) is 0. The van der Waals surface area contributed by atoms with Gasteiger partial charge in [0.25, 0.3) is 0 Å². The lowest BCUT2D eigenvalue weighted by Crippen LogP contribution is -2.11. The Morgan fingerprint density at radius 3 is 0.911 bits per heavy atom. The highest BCUT2D eigenvalue weighted by atomic mass is 14.3. The zero-order chi connectivity index (χ0) is 38.1. The molecule has 0 aliphatic heterocycles. The fourth-order valence-electron chi connectivity index (χ4n) is 9.79. The zero-order valence-corrected chi connectivity index (χ0v) is 33.0. The number of benzene rings is 12. The maximum Gasteiger partial charge on any atom is -0.00199 e. The Morgan fingerprint density at radius 1 is 0.232 bits per heavy atom. The SMILES string of the molecule is CC(C)(C)c1cc2cccc3c4cc(C(C)(C)C)cc5cccc(c(c1)c23)c54.c1ccc2c(c1)cc1c3cccc4c5ccccc5cc(c5cccc2c51)c43. The van der Waals surface area contributed by atoms with E-state index in [1.54, 1.807) is 0 Å². The molecule has 0 saturated heterocycles. The molecule has 0 heterocycles. The first-order chi connectivity index (χ1) is 27.0. The van der Waals surface area contributed by atoms with Gasteiger partial charge in [0.05, 0.1) is 0 Å². The van der Waals surface area contributed by atoms with E-state index in [1.807, 2.05) is 0 Å². The van der Waals surface area contributed by atoms with Crippen molar-refractivity contribution in [1.82, 2.24) is 0 Å². The molecule has 56 heavy (non-hydrogen) atoms. The van der Waals surface area contributed by atoms with Gasteiger partial charge in [-0.25, -0.2) is 0 Å². The van der Waals surface area contributed by atoms with Crippen LogP contribution in [-0.2, 0) is 10.8 Å². The summed E-state index contributed by atoms with van der Waals surface area (Å²) in [5, 5.41) is 27.2. The van der Waals surface area contributed by atoms with Crippen LogP contribution in [0.25, 0.3) is 108 Å². The van der Waals surface area contributed by atoms with Crippen molar-refractivity contribution in [1.29, 1.82) is 0 Å². The Kier molecular flexibility index (Phi) is 6.88. The number of rotatable bonds is 0. The molecule has 0 unspecified atom stereocenters. The second-order valence-corrected chi connectivity index (χ2v) is 18.1. The van der Waals surface area contributed by atoms with Gasteiger partial charge in [0, 0.05) is 0 Å². The lowest BCUT2D eigenvalue weighted by Gasteiger charge is -2.24. The lowest BCUT2D eigenvalue weighted by atomic mass is 9.80. The van der Waals surface area contributed by atoms with Gasteiger partial charge in [-0.2, -0.15) is 0 Å². The van der Waals surface area contributed by atoms with Crippen molar-refractivity contribution in [2.24, 2.45) is 0 Å². The minimum absolute atomic E-state index is 0.130. The molecule has 0 saturated carbocycles. The molecule has 0 aliphatic carbocycles. The third-order valence-corrected chi connectivity index (χ3v) is 12.6. The Morgan fingerprint density at radius 2 is 0.518 bits per heavy atom. The standard InChI is InChI=1S/C28H16.C28H28/c1-3-9-19-17(7-1)15-25-23-13-6-12-22-20-10-4-2-8-18(20)16-26(28(22)23)24-14-5-11-21(19)27(24)25;1-27(2,3)19-13-17-9-7-12-22-24-16-20(28(4,5)6)14-18-10-8-11-21(26(18)24)23(15-19)25(17)22/h1-16H;7-16H,1-6H3. The highest BCUT2D eigenvalue weighted by molar-refractivity contribution is 6.39. The van der Waals surface area contributed by atoms with Crippen molar-refractivity contribution in [2.75, 3.05) is 0 Å². The van der Waals surface area contributed by atoms with Crippen molar-refractivity contribution in [2.45, 2.75) is 52.4 Å². The predicted octanol–water partition coefficient (Wildman–Crippen LogP) is 16.4. The van der Waals surface area contributed by atoms with E-state index < -0.39 is 0 Å². The molecular formula is C56H44. The summed E-state index contributed by atoms with van der Waals surface area (Å²) in [5.41, 5.74) is 3.06. The van der Waals surface area contributed by atoms with E-state index >= 15 is 0 Å². The van der Waals surface area contributed by atoms with Crippen LogP contribution in [0.4, 0.5) is 0 Å². The minimum Gasteiger partial charge on any atom is -0.0616 e. The van der Waals surface area contributed by atoms with Gasteiger partial charge in [0.15, 0.2) is 0 Å². The molecule has 0 atom stereocenters. The van der Waals surface area contributed by atoms with Gasteiger partial charge in [-0.1, -0.05) is 175 Å². The van der Waals surface area contributed by atoms with Crippen LogP contribution in [0.3, 0.4) is 0 Å². The molecule has 12 aromatic rings. The van der Waals surface area contributed by atoms with Gasteiger partial charge in [-0.3, -0.25) is 0 Å². The minimum atomic E-state index is 0.130. The summed E-state index contributed by atoms with van der Waals surface area (Å²) in [6.07, 6.45) is 0. The van der Waals surface area contributed by atoms with E-state index in [2.05, 4.69) is 199 Å². The molecule has 0 fully saturated rings. The van der Waals surface area contributed by atoms with Gasteiger partial charge < -0.3 is 0 Å². The second kappa shape index (κ2) is 11.6. The summed E-state index contributed by atoms with van der Waals surface area (Å²) in [4.78, 5) is 0. The number of fused-ring (bicyclic) bond motifs is 8. The lowest BCUT2D eigenvalue weighted by molar-refractivity contribution is 0.591. The third-order valence-electron chi connectivity index (χ3n) is 12.6. The van der Waals surface area contributed by atoms with E-state index in [0.717, 1.165) is 0 Å². The zero-order valence-electron chi connectivity index (χ0n) is 33.0. The Labute approximate surface area is 327 Å². The van der Waals surface area contributed by atoms with Crippen molar-refractivity contribution in [3.05, 3.63) is 169 Å². The van der Waals surface area contributed by atoms with Gasteiger partial charge in [-0.15, -0.1) is 0 Å². The van der Waals surface area contributed by atoms with Crippen molar-refractivity contribution >= 4 is 108 Å². The molecule has 0 radical (unpaired) electrons. The Bertz CT molecular complexity index is 3290. The maximum absolute atomic E-state index is 2.43. The summed E-state index contributed by atoms with van der Waals surface area (Å²) in [5.74, 6) is 0. The van der Waals surface area contributed by atoms with Crippen molar-refractivity contribution in [3.8, 4) is 0 Å². The molecule has 12 rings (SSSR count). The Hall–Kier alpha value is -6.24. The first kappa shape index (κ1) is 33.1. The van der Waals surface area contributed by atoms with Crippen LogP contribution in [0.1, 0.15) is 52.7 Å². The van der Waals surface area contributed by atoms with Crippen LogP contribution in [0, 0.1) is 0 Å². The van der Waals surface area contributed by atoms with Crippen LogP contribution >= 0.6 is 0 Å². The highest BCUT2D eigenvalue weighted by Crippen LogP contribution is 2.46. The molecule has 0 spiro atoms. The van der Waals surface area contributed by atoms with E-state index in [0.29, 0.717) is 0 Å². The number of hydrogen-bond acceptors (Lipinski definition) is 0. The monoisotopic (exact) mass is 716 g/mol. The van der Waals surface area contributed by atoms with Crippen LogP contribution in [0.5, 0.6) is 0 Å². The Balaban J connectivity index is 0.000000130. The molecule has 0 N–H and O–H groups in total. The highest BCUT2D eigenvalue weighted by Gasteiger charge is 2.22. The first-order valence-corrected chi connectivity index (χ1v) is 20.1. The fraction of sp³-hybridized carbons (Fsp3) is 0.143. The smallest absolute Gasteiger partial charge is 0.00199 e. The summed E-state index contributed by atoms with van der Waals surface area (Å²) in [6.45, 7) is 13.8. The van der Waals surface area contributed by atoms with Gasteiger partial charge in [0.1, 0.15) is 0 Å². The average Bonchev–Trinajstić information content (AvgIpc) is 3.20. The summed E-state index contributed by atoms with van der Waals surface area (Å²) >= 11 is 0. The first-order valence-electron chi connectivity index (χ1n) is 20.1. The molecule has 0 bridgehead atoms. The molecular weight excluding hydrogens is 673 g/mol. The van der Waals surface area contributed by atoms with Crippen molar-refractivity contribution < 1.29 is 0 Å². The van der Waals surface area contributed by atoms with Gasteiger partial charge in [0.2, 0.25) is 0 Å². The molecule has 0 amide bonds. The summed E-state index contributed by atoms with van der Waals surface area (Å²) in [6, 6.07) is 59.1. The normalized spacial score (nSPS) is 12.8. The molecule has 0 heteroatoms. The van der Waals surface area contributed by atoms with Crippen molar-refractivity contribution in [3.63, 3.8) is 0 Å². The van der Waals surface area contributed by atoms with E-state index in [9.17, 15) is 0 Å². The van der Waals surface area contributed by atoms with Crippen LogP contribution in [0.15, 0.2) is 158 Å². The van der Waals surface area contributed by atoms with Gasteiger partial charge in [-0.05, 0) is 154 Å². The van der Waals surface area contributed by atoms with Crippen LogP contribution < -0.4 is 0 Å². The third kappa shape index (κ3) is 4.78. The molecule has 268 valence electrons. The molecule has 12 aromatic carbocycles. The summed E-state index contributed by atoms with van der Waals surface area (Å²) < 4.78 is 0. The molecule has 0 nitrogen and oxygen atoms in total. The predicted molar refractivity (Wildman–Crippen MR) is 248 cm³/mol. The second-order valence-electron chi connectivity index (χ2n) is 18.1. The van der Waals surface area contributed by atoms with Crippen LogP contribution in [0.2, 0.25) is 0 Å². The fourth-order valence-corrected chi connectivity index (χ4v) is 9.79. The largest absolute Gasteiger partial charge is 0.0616 e. The molecule has 0 aromatic heterocycles. The van der Waals surface area contributed by atoms with Crippen LogP contribution in [-0.4, -0.2) is 0 Å². The van der Waals surface area contributed by atoms with E-state index in [4.69, 9.17) is 0 Å².